The number of hydrogen-bond acceptors (Lipinski definition) is 6. The van der Waals surface area contributed by atoms with E-state index in [4.69, 9.17) is 4.74 Å². The van der Waals surface area contributed by atoms with Gasteiger partial charge in [0.1, 0.15) is 5.82 Å². The van der Waals surface area contributed by atoms with E-state index in [0.717, 1.165) is 38.1 Å². The first kappa shape index (κ1) is 13.0. The normalized spacial score (nSPS) is 19.9. The van der Waals surface area contributed by atoms with Crippen molar-refractivity contribution < 1.29 is 4.74 Å². The van der Waals surface area contributed by atoms with Gasteiger partial charge in [-0.1, -0.05) is 0 Å². The van der Waals surface area contributed by atoms with Gasteiger partial charge in [-0.3, -0.25) is 0 Å². The Hall–Kier alpha value is -1.40. The molecular formula is C12H21N5O. The number of nitrogens with zero attached hydrogens (tertiary/aromatic N) is 4. The second kappa shape index (κ2) is 5.97. The minimum absolute atomic E-state index is 0.327. The lowest BCUT2D eigenvalue weighted by molar-refractivity contribution is 0.0939. The van der Waals surface area contributed by atoms with Gasteiger partial charge >= 0.3 is 0 Å². The van der Waals surface area contributed by atoms with Crippen molar-refractivity contribution in [1.29, 1.82) is 0 Å². The summed E-state index contributed by atoms with van der Waals surface area (Å²) in [4.78, 5) is 13.0. The Balaban J connectivity index is 2.19. The van der Waals surface area contributed by atoms with E-state index in [-0.39, 0.29) is 0 Å². The average Bonchev–Trinajstić information content (AvgIpc) is 2.40. The molecule has 1 fully saturated rings. The highest BCUT2D eigenvalue weighted by molar-refractivity contribution is 5.44. The van der Waals surface area contributed by atoms with Crippen LogP contribution in [-0.4, -0.2) is 63.5 Å². The molecule has 0 saturated carbocycles. The first-order valence-corrected chi connectivity index (χ1v) is 6.21. The third kappa shape index (κ3) is 2.88. The second-order valence-corrected chi connectivity index (χ2v) is 4.59. The van der Waals surface area contributed by atoms with E-state index in [2.05, 4.69) is 20.2 Å². The average molecular weight is 251 g/mol. The van der Waals surface area contributed by atoms with E-state index in [1.54, 1.807) is 0 Å². The van der Waals surface area contributed by atoms with Gasteiger partial charge in [-0.25, -0.2) is 4.98 Å². The quantitative estimate of drug-likeness (QED) is 0.811. The number of rotatable bonds is 4. The van der Waals surface area contributed by atoms with Crippen LogP contribution in [0.15, 0.2) is 12.3 Å². The topological polar surface area (TPSA) is 53.5 Å². The number of morpholine rings is 1. The van der Waals surface area contributed by atoms with Crippen LogP contribution in [0.4, 0.5) is 11.8 Å². The summed E-state index contributed by atoms with van der Waals surface area (Å²) in [7, 11) is 5.85. The van der Waals surface area contributed by atoms with E-state index in [1.165, 1.54) is 0 Å². The van der Waals surface area contributed by atoms with Crippen LogP contribution in [0, 0.1) is 0 Å². The molecule has 1 unspecified atom stereocenters. The molecule has 18 heavy (non-hydrogen) atoms. The number of ether oxygens (including phenoxy) is 1. The van der Waals surface area contributed by atoms with E-state index in [9.17, 15) is 0 Å². The van der Waals surface area contributed by atoms with Crippen molar-refractivity contribution in [2.75, 3.05) is 57.2 Å². The van der Waals surface area contributed by atoms with Crippen molar-refractivity contribution in [3.8, 4) is 0 Å². The Labute approximate surface area is 108 Å². The maximum atomic E-state index is 5.53. The van der Waals surface area contributed by atoms with Gasteiger partial charge in [0.05, 0.1) is 19.3 Å². The Morgan fingerprint density at radius 2 is 2.39 bits per heavy atom. The van der Waals surface area contributed by atoms with Gasteiger partial charge in [0.2, 0.25) is 5.95 Å². The van der Waals surface area contributed by atoms with Crippen LogP contribution in [0.25, 0.3) is 0 Å². The summed E-state index contributed by atoms with van der Waals surface area (Å²) in [6, 6.07) is 2.29. The highest BCUT2D eigenvalue weighted by Gasteiger charge is 2.23. The largest absolute Gasteiger partial charge is 0.377 e. The predicted molar refractivity (Wildman–Crippen MR) is 72.2 cm³/mol. The van der Waals surface area contributed by atoms with E-state index >= 15 is 0 Å². The van der Waals surface area contributed by atoms with Crippen LogP contribution in [-0.2, 0) is 4.74 Å². The number of hydrogen-bond donors (Lipinski definition) is 1. The zero-order valence-corrected chi connectivity index (χ0v) is 11.3. The van der Waals surface area contributed by atoms with Crippen LogP contribution in [0.5, 0.6) is 0 Å². The molecule has 0 aliphatic carbocycles. The van der Waals surface area contributed by atoms with Crippen molar-refractivity contribution >= 4 is 11.8 Å². The molecule has 0 radical (unpaired) electrons. The van der Waals surface area contributed by atoms with E-state index < -0.39 is 0 Å². The summed E-state index contributed by atoms with van der Waals surface area (Å²) in [6.45, 7) is 3.25. The summed E-state index contributed by atoms with van der Waals surface area (Å²) < 4.78 is 5.53. The van der Waals surface area contributed by atoms with Crippen molar-refractivity contribution in [2.24, 2.45) is 0 Å². The number of nitrogens with one attached hydrogen (secondary N) is 1. The fourth-order valence-corrected chi connectivity index (χ4v) is 2.08. The van der Waals surface area contributed by atoms with Crippen molar-refractivity contribution in [1.82, 2.24) is 15.3 Å². The number of likely N-dealkylation sites (N-methyl/N-ethyl adjacent to an activating group) is 1. The van der Waals surface area contributed by atoms with E-state index in [0.29, 0.717) is 6.04 Å². The molecule has 0 spiro atoms. The zero-order chi connectivity index (χ0) is 13.0. The van der Waals surface area contributed by atoms with Gasteiger partial charge in [-0.15, -0.1) is 0 Å². The van der Waals surface area contributed by atoms with Gasteiger partial charge in [0, 0.05) is 33.4 Å². The molecule has 1 aliphatic rings. The fraction of sp³-hybridized carbons (Fsp3) is 0.667. The minimum Gasteiger partial charge on any atom is -0.377 e. The molecule has 1 atom stereocenters. The van der Waals surface area contributed by atoms with Crippen LogP contribution < -0.4 is 15.1 Å². The molecule has 1 N–H and O–H groups in total. The summed E-state index contributed by atoms with van der Waals surface area (Å²) in [5.74, 6) is 1.71. The molecule has 2 rings (SSSR count). The molecule has 1 aromatic rings. The summed E-state index contributed by atoms with van der Waals surface area (Å²) in [5.41, 5.74) is 0. The molecule has 0 amide bonds. The molecule has 100 valence electrons. The number of anilines is 2. The summed E-state index contributed by atoms with van der Waals surface area (Å²) in [6.07, 6.45) is 1.81. The molecule has 0 aromatic carbocycles. The predicted octanol–water partition coefficient (Wildman–Crippen LogP) is -0.0328. The fourth-order valence-electron chi connectivity index (χ4n) is 2.08. The molecule has 1 aromatic heterocycles. The lowest BCUT2D eigenvalue weighted by atomic mass is 10.2. The number of aromatic nitrogens is 2. The van der Waals surface area contributed by atoms with Gasteiger partial charge < -0.3 is 19.9 Å². The van der Waals surface area contributed by atoms with Gasteiger partial charge in [0.15, 0.2) is 0 Å². The third-order valence-electron chi connectivity index (χ3n) is 2.99. The third-order valence-corrected chi connectivity index (χ3v) is 2.99. The molecule has 0 bridgehead atoms. The van der Waals surface area contributed by atoms with Crippen molar-refractivity contribution in [3.05, 3.63) is 12.3 Å². The highest BCUT2D eigenvalue weighted by Crippen LogP contribution is 2.18. The van der Waals surface area contributed by atoms with Crippen LogP contribution in [0.2, 0.25) is 0 Å². The molecule has 6 heteroatoms. The van der Waals surface area contributed by atoms with Gasteiger partial charge in [-0.05, 0) is 13.1 Å². The first-order chi connectivity index (χ1) is 8.72. The van der Waals surface area contributed by atoms with Crippen LogP contribution in [0.3, 0.4) is 0 Å². The zero-order valence-electron chi connectivity index (χ0n) is 11.3. The van der Waals surface area contributed by atoms with Crippen LogP contribution in [0.1, 0.15) is 0 Å². The molecule has 6 nitrogen and oxygen atoms in total. The lowest BCUT2D eigenvalue weighted by Gasteiger charge is -2.36. The smallest absolute Gasteiger partial charge is 0.226 e. The highest BCUT2D eigenvalue weighted by atomic mass is 16.5. The Morgan fingerprint density at radius 3 is 3.11 bits per heavy atom. The first-order valence-electron chi connectivity index (χ1n) is 6.21. The summed E-state index contributed by atoms with van der Waals surface area (Å²) >= 11 is 0. The van der Waals surface area contributed by atoms with Gasteiger partial charge in [-0.2, -0.15) is 4.98 Å². The molecule has 1 saturated heterocycles. The molecule has 2 heterocycles. The molecular weight excluding hydrogens is 230 g/mol. The standard InChI is InChI=1S/C12H21N5O/c1-13-8-10-9-18-7-6-17(10)11-4-5-14-12(15-11)16(2)3/h4-5,10,13H,6-9H2,1-3H3. The van der Waals surface area contributed by atoms with Gasteiger partial charge in [0.25, 0.3) is 0 Å². The second-order valence-electron chi connectivity index (χ2n) is 4.59. The minimum atomic E-state index is 0.327. The Kier molecular flexibility index (Phi) is 4.33. The maximum absolute atomic E-state index is 5.53. The monoisotopic (exact) mass is 251 g/mol. The van der Waals surface area contributed by atoms with E-state index in [1.807, 2.05) is 38.3 Å². The van der Waals surface area contributed by atoms with Crippen molar-refractivity contribution in [2.45, 2.75) is 6.04 Å². The Morgan fingerprint density at radius 1 is 1.56 bits per heavy atom. The SMILES string of the molecule is CNCC1COCCN1c1ccnc(N(C)C)n1. The lowest BCUT2D eigenvalue weighted by Crippen LogP contribution is -2.50. The Bertz CT molecular complexity index is 382. The molecule has 1 aliphatic heterocycles. The van der Waals surface area contributed by atoms with Crippen LogP contribution >= 0.6 is 0 Å². The van der Waals surface area contributed by atoms with Crippen molar-refractivity contribution in [3.63, 3.8) is 0 Å². The maximum Gasteiger partial charge on any atom is 0.226 e. The summed E-state index contributed by atoms with van der Waals surface area (Å²) in [5, 5.41) is 3.20.